The number of nitrogens with zero attached hydrogens (tertiary/aromatic N) is 3. The third kappa shape index (κ3) is 12.1. The van der Waals surface area contributed by atoms with E-state index >= 15 is 0 Å². The molecule has 2 saturated carbocycles. The monoisotopic (exact) mass is 756 g/mol. The van der Waals surface area contributed by atoms with E-state index in [0.717, 1.165) is 44.9 Å². The molecule has 1 aromatic heterocycles. The number of aliphatic hydroxyl groups excluding tert-OH is 1. The lowest BCUT2D eigenvalue weighted by atomic mass is 9.82. The van der Waals surface area contributed by atoms with Gasteiger partial charge in [0.1, 0.15) is 23.4 Å². The fourth-order valence-electron chi connectivity index (χ4n) is 6.97. The Hall–Kier alpha value is -4.34. The molecule has 6 atom stereocenters. The number of nitrogens with one attached hydrogen (secondary N) is 5. The summed E-state index contributed by atoms with van der Waals surface area (Å²) < 4.78 is 5.59. The van der Waals surface area contributed by atoms with Crippen LogP contribution in [0.1, 0.15) is 117 Å². The van der Waals surface area contributed by atoms with Crippen LogP contribution in [0.25, 0.3) is 0 Å². The summed E-state index contributed by atoms with van der Waals surface area (Å²) in [6, 6.07) is -3.83. The van der Waals surface area contributed by atoms with Gasteiger partial charge in [-0.15, -0.1) is 0 Å². The minimum atomic E-state index is -1.49. The van der Waals surface area contributed by atoms with Crippen molar-refractivity contribution < 1.29 is 38.6 Å². The predicted octanol–water partition coefficient (Wildman–Crippen LogP) is 1.96. The molecule has 16 nitrogen and oxygen atoms in total. The number of amides is 6. The molecule has 0 radical (unpaired) electrons. The third-order valence-electron chi connectivity index (χ3n) is 10.0. The van der Waals surface area contributed by atoms with Crippen molar-refractivity contribution in [3.63, 3.8) is 0 Å². The first-order valence-electron chi connectivity index (χ1n) is 19.3. The van der Waals surface area contributed by atoms with Gasteiger partial charge in [-0.25, -0.2) is 9.78 Å². The molecule has 2 heterocycles. The number of likely N-dealkylation sites (tertiary alicyclic amines) is 1. The summed E-state index contributed by atoms with van der Waals surface area (Å²) in [6.45, 7) is 12.3. The Morgan fingerprint density at radius 1 is 0.870 bits per heavy atom. The van der Waals surface area contributed by atoms with Crippen molar-refractivity contribution >= 4 is 35.6 Å². The van der Waals surface area contributed by atoms with Gasteiger partial charge in [0.2, 0.25) is 17.7 Å². The summed E-state index contributed by atoms with van der Waals surface area (Å²) in [5.74, 6) is -3.91. The molecule has 0 bridgehead atoms. The normalized spacial score (nSPS) is 21.5. The molecule has 2 aliphatic carbocycles. The van der Waals surface area contributed by atoms with Crippen LogP contribution in [0.3, 0.4) is 0 Å². The van der Waals surface area contributed by atoms with Gasteiger partial charge in [-0.3, -0.25) is 29.0 Å². The first-order chi connectivity index (χ1) is 25.4. The average Bonchev–Trinajstić information content (AvgIpc) is 3.83. The van der Waals surface area contributed by atoms with Gasteiger partial charge in [-0.1, -0.05) is 53.4 Å². The van der Waals surface area contributed by atoms with E-state index in [4.69, 9.17) is 4.74 Å². The van der Waals surface area contributed by atoms with Crippen LogP contribution in [-0.2, 0) is 23.9 Å². The minimum absolute atomic E-state index is 0.0191. The van der Waals surface area contributed by atoms with Crippen LogP contribution in [0, 0.1) is 17.3 Å². The number of rotatable bonds is 14. The zero-order valence-electron chi connectivity index (χ0n) is 32.8. The Kier molecular flexibility index (Phi) is 14.4. The molecule has 6 amide bonds. The van der Waals surface area contributed by atoms with Crippen molar-refractivity contribution in [3.8, 4) is 0 Å². The molecule has 54 heavy (non-hydrogen) atoms. The second-order valence-corrected chi connectivity index (χ2v) is 17.0. The molecule has 3 aliphatic rings. The zero-order chi connectivity index (χ0) is 39.8. The molecule has 3 fully saturated rings. The van der Waals surface area contributed by atoms with E-state index in [-0.39, 0.29) is 30.7 Å². The maximum atomic E-state index is 14.2. The highest BCUT2D eigenvalue weighted by atomic mass is 16.6. The van der Waals surface area contributed by atoms with Crippen LogP contribution >= 0.6 is 0 Å². The minimum Gasteiger partial charge on any atom is -0.444 e. The smallest absolute Gasteiger partial charge is 0.410 e. The van der Waals surface area contributed by atoms with Gasteiger partial charge in [0.05, 0.1) is 24.2 Å². The molecular weight excluding hydrogens is 696 g/mol. The SMILES string of the molecule is CCCC(NC(=O)[C@@H]1CN(C(=O)OC(C)(C)C)C[C@@H]1NC(=O)[C@@H](NC(=O)[C@@H](NC(=O)c1cnccn1)C1CCCCC1)C(C)(C)C)C(O)C(=O)NC1CC1. The second-order valence-electron chi connectivity index (χ2n) is 17.0. The fourth-order valence-corrected chi connectivity index (χ4v) is 6.97. The number of ether oxygens (including phenoxy) is 1. The quantitative estimate of drug-likeness (QED) is 0.162. The van der Waals surface area contributed by atoms with Crippen molar-refractivity contribution in [3.05, 3.63) is 24.3 Å². The van der Waals surface area contributed by atoms with E-state index < -0.39 is 82.8 Å². The topological polar surface area (TPSA) is 221 Å². The summed E-state index contributed by atoms with van der Waals surface area (Å²) in [4.78, 5) is 90.8. The Balaban J connectivity index is 1.55. The Morgan fingerprint density at radius 3 is 2.13 bits per heavy atom. The van der Waals surface area contributed by atoms with Crippen molar-refractivity contribution in [1.82, 2.24) is 41.5 Å². The highest BCUT2D eigenvalue weighted by Gasteiger charge is 2.45. The van der Waals surface area contributed by atoms with Crippen molar-refractivity contribution in [2.45, 2.75) is 148 Å². The van der Waals surface area contributed by atoms with Gasteiger partial charge < -0.3 is 41.3 Å². The lowest BCUT2D eigenvalue weighted by Crippen LogP contribution is -2.61. The highest BCUT2D eigenvalue weighted by Crippen LogP contribution is 2.29. The molecule has 300 valence electrons. The molecule has 16 heteroatoms. The largest absolute Gasteiger partial charge is 0.444 e. The Bertz CT molecular complexity index is 1490. The highest BCUT2D eigenvalue weighted by molar-refractivity contribution is 5.97. The molecule has 1 aromatic rings. The van der Waals surface area contributed by atoms with Crippen molar-refractivity contribution in [1.29, 1.82) is 0 Å². The molecule has 2 unspecified atom stereocenters. The van der Waals surface area contributed by atoms with Gasteiger partial charge in [-0.05, 0) is 64.2 Å². The summed E-state index contributed by atoms with van der Waals surface area (Å²) in [5.41, 5.74) is -1.58. The lowest BCUT2D eigenvalue weighted by Gasteiger charge is -2.35. The maximum Gasteiger partial charge on any atom is 0.410 e. The first-order valence-corrected chi connectivity index (χ1v) is 19.3. The van der Waals surface area contributed by atoms with E-state index in [1.54, 1.807) is 41.5 Å². The van der Waals surface area contributed by atoms with Crippen LogP contribution in [0.5, 0.6) is 0 Å². The van der Waals surface area contributed by atoms with Crippen LogP contribution in [0.4, 0.5) is 4.79 Å². The van der Waals surface area contributed by atoms with E-state index in [1.165, 1.54) is 23.5 Å². The van der Waals surface area contributed by atoms with Gasteiger partial charge >= 0.3 is 6.09 Å². The molecule has 1 saturated heterocycles. The van der Waals surface area contributed by atoms with Crippen LogP contribution in [-0.4, -0.2) is 111 Å². The van der Waals surface area contributed by atoms with Crippen molar-refractivity contribution in [2.24, 2.45) is 17.3 Å². The molecular formula is C38H60N8O8. The van der Waals surface area contributed by atoms with E-state index in [1.807, 2.05) is 6.92 Å². The van der Waals surface area contributed by atoms with E-state index in [9.17, 15) is 33.9 Å². The summed E-state index contributed by atoms with van der Waals surface area (Å²) in [7, 11) is 0. The Labute approximate surface area is 318 Å². The number of carbonyl (C=O) groups excluding carboxylic acids is 6. The lowest BCUT2D eigenvalue weighted by molar-refractivity contribution is -0.135. The summed E-state index contributed by atoms with van der Waals surface area (Å²) in [6.07, 6.45) is 8.84. The molecule has 1 aliphatic heterocycles. The van der Waals surface area contributed by atoms with E-state index in [2.05, 4.69) is 36.6 Å². The Morgan fingerprint density at radius 2 is 1.56 bits per heavy atom. The van der Waals surface area contributed by atoms with Gasteiger partial charge in [-0.2, -0.15) is 0 Å². The third-order valence-corrected chi connectivity index (χ3v) is 10.0. The molecule has 0 aromatic carbocycles. The maximum absolute atomic E-state index is 14.2. The van der Waals surface area contributed by atoms with Crippen molar-refractivity contribution in [2.75, 3.05) is 13.1 Å². The van der Waals surface area contributed by atoms with E-state index in [0.29, 0.717) is 12.8 Å². The summed E-state index contributed by atoms with van der Waals surface area (Å²) >= 11 is 0. The standard InChI is InChI=1S/C38H60N8O8/c1-8-12-25(29(47)34(51)41-23-15-16-23)42-31(48)24-20-46(36(53)54-38(5,6)7)21-27(24)43-35(52)30(37(2,3)4)45-33(50)28(22-13-10-9-11-14-22)44-32(49)26-19-39-17-18-40-26/h17-19,22-25,27-30,47H,8-16,20-21H2,1-7H3,(H,41,51)(H,42,48)(H,43,52)(H,44,49)(H,45,50)/t24-,25?,27+,28+,29?,30-/m1/s1. The molecule has 4 rings (SSSR count). The number of hydrogen-bond donors (Lipinski definition) is 6. The average molecular weight is 757 g/mol. The van der Waals surface area contributed by atoms with Crippen LogP contribution in [0.2, 0.25) is 0 Å². The molecule has 6 N–H and O–H groups in total. The number of hydrogen-bond acceptors (Lipinski definition) is 10. The second kappa shape index (κ2) is 18.3. The summed E-state index contributed by atoms with van der Waals surface area (Å²) in [5, 5.41) is 25.2. The fraction of sp³-hybridized carbons (Fsp3) is 0.737. The molecule has 0 spiro atoms. The number of carbonyl (C=O) groups is 6. The van der Waals surface area contributed by atoms with Gasteiger partial charge in [0.15, 0.2) is 6.10 Å². The predicted molar refractivity (Wildman–Crippen MR) is 198 cm³/mol. The van der Waals surface area contributed by atoms with Gasteiger partial charge in [0.25, 0.3) is 11.8 Å². The zero-order valence-corrected chi connectivity index (χ0v) is 32.8. The number of aromatic nitrogens is 2. The van der Waals surface area contributed by atoms with Crippen LogP contribution in [0.15, 0.2) is 18.6 Å². The van der Waals surface area contributed by atoms with Crippen LogP contribution < -0.4 is 26.6 Å². The first kappa shape index (κ1) is 42.4. The number of aliphatic hydroxyl groups is 1. The van der Waals surface area contributed by atoms with Gasteiger partial charge in [0, 0.05) is 31.5 Å².